The zero-order chi connectivity index (χ0) is 13.8. The lowest BCUT2D eigenvalue weighted by atomic mass is 9.93. The van der Waals surface area contributed by atoms with Gasteiger partial charge in [-0.15, -0.1) is 0 Å². The Morgan fingerprint density at radius 1 is 1.26 bits per heavy atom. The van der Waals surface area contributed by atoms with Gasteiger partial charge < -0.3 is 15.3 Å². The minimum Gasteiger partial charge on any atom is -0.381 e. The van der Waals surface area contributed by atoms with Gasteiger partial charge in [0.15, 0.2) is 6.10 Å². The SMILES string of the molecule is CC(C(O)C(=O)NC1CC1)N(C=O)C1CCCCC1. The van der Waals surface area contributed by atoms with Crippen molar-refractivity contribution in [3.05, 3.63) is 0 Å². The Labute approximate surface area is 114 Å². The van der Waals surface area contributed by atoms with Crippen molar-refractivity contribution in [2.45, 2.75) is 76.1 Å². The Bertz CT molecular complexity index is 325. The summed E-state index contributed by atoms with van der Waals surface area (Å²) in [4.78, 5) is 24.8. The third-order valence-corrected chi connectivity index (χ3v) is 4.24. The zero-order valence-corrected chi connectivity index (χ0v) is 11.5. The molecule has 0 bridgehead atoms. The monoisotopic (exact) mass is 268 g/mol. The highest BCUT2D eigenvalue weighted by atomic mass is 16.3. The molecule has 0 aromatic heterocycles. The molecule has 0 heterocycles. The van der Waals surface area contributed by atoms with Crippen LogP contribution in [0.25, 0.3) is 0 Å². The minimum absolute atomic E-state index is 0.171. The average Bonchev–Trinajstić information content (AvgIpc) is 3.23. The molecule has 2 atom stereocenters. The van der Waals surface area contributed by atoms with Crippen LogP contribution in [0.4, 0.5) is 0 Å². The summed E-state index contributed by atoms with van der Waals surface area (Å²) in [5, 5.41) is 12.9. The Morgan fingerprint density at radius 2 is 1.89 bits per heavy atom. The second-order valence-electron chi connectivity index (χ2n) is 5.81. The van der Waals surface area contributed by atoms with Crippen LogP contribution in [0.5, 0.6) is 0 Å². The number of hydrogen-bond acceptors (Lipinski definition) is 3. The van der Waals surface area contributed by atoms with E-state index >= 15 is 0 Å². The van der Waals surface area contributed by atoms with Gasteiger partial charge in [-0.05, 0) is 32.6 Å². The number of carbonyl (C=O) groups is 2. The predicted octanol–water partition coefficient (Wildman–Crippen LogP) is 0.805. The maximum atomic E-state index is 11.8. The van der Waals surface area contributed by atoms with Crippen molar-refractivity contribution in [1.82, 2.24) is 10.2 Å². The van der Waals surface area contributed by atoms with Crippen molar-refractivity contribution in [1.29, 1.82) is 0 Å². The summed E-state index contributed by atoms with van der Waals surface area (Å²) in [6.45, 7) is 1.75. The Morgan fingerprint density at radius 3 is 2.42 bits per heavy atom. The first-order valence-corrected chi connectivity index (χ1v) is 7.34. The van der Waals surface area contributed by atoms with Crippen LogP contribution in [-0.4, -0.2) is 46.6 Å². The predicted molar refractivity (Wildman–Crippen MR) is 71.4 cm³/mol. The number of amides is 2. The Balaban J connectivity index is 1.91. The van der Waals surface area contributed by atoms with Gasteiger partial charge in [0.1, 0.15) is 0 Å². The summed E-state index contributed by atoms with van der Waals surface area (Å²) >= 11 is 0. The summed E-state index contributed by atoms with van der Waals surface area (Å²) in [5.74, 6) is -0.349. The van der Waals surface area contributed by atoms with Crippen molar-refractivity contribution >= 4 is 12.3 Å². The van der Waals surface area contributed by atoms with Gasteiger partial charge in [-0.3, -0.25) is 9.59 Å². The van der Waals surface area contributed by atoms with Crippen molar-refractivity contribution in [3.63, 3.8) is 0 Å². The van der Waals surface area contributed by atoms with E-state index in [0.29, 0.717) is 0 Å². The summed E-state index contributed by atoms with van der Waals surface area (Å²) in [6.07, 6.45) is 7.03. The molecular weight excluding hydrogens is 244 g/mol. The molecule has 2 rings (SSSR count). The molecule has 2 aliphatic carbocycles. The Kier molecular flexibility index (Phi) is 4.80. The maximum absolute atomic E-state index is 11.8. The van der Waals surface area contributed by atoms with Gasteiger partial charge in [0.05, 0.1) is 6.04 Å². The number of aliphatic hydroxyl groups is 1. The van der Waals surface area contributed by atoms with Crippen LogP contribution in [0.1, 0.15) is 51.9 Å². The molecule has 19 heavy (non-hydrogen) atoms. The van der Waals surface area contributed by atoms with E-state index in [9.17, 15) is 14.7 Å². The number of nitrogens with zero attached hydrogens (tertiary/aromatic N) is 1. The van der Waals surface area contributed by atoms with Crippen LogP contribution >= 0.6 is 0 Å². The van der Waals surface area contributed by atoms with Gasteiger partial charge >= 0.3 is 0 Å². The topological polar surface area (TPSA) is 69.6 Å². The molecule has 2 aliphatic rings. The molecule has 2 N–H and O–H groups in total. The molecule has 5 heteroatoms. The van der Waals surface area contributed by atoms with Gasteiger partial charge in [0.2, 0.25) is 6.41 Å². The second-order valence-corrected chi connectivity index (χ2v) is 5.81. The molecule has 2 saturated carbocycles. The summed E-state index contributed by atoms with van der Waals surface area (Å²) in [7, 11) is 0. The largest absolute Gasteiger partial charge is 0.381 e. The standard InChI is InChI=1S/C14H24N2O3/c1-10(13(18)14(19)15-11-7-8-11)16(9-17)12-5-3-2-4-6-12/h9-13,18H,2-8H2,1H3,(H,15,19). The lowest BCUT2D eigenvalue weighted by molar-refractivity contribution is -0.137. The van der Waals surface area contributed by atoms with E-state index in [0.717, 1.165) is 44.9 Å². The summed E-state index contributed by atoms with van der Waals surface area (Å²) < 4.78 is 0. The number of aliphatic hydroxyl groups excluding tert-OH is 1. The van der Waals surface area contributed by atoms with Gasteiger partial charge in [-0.1, -0.05) is 19.3 Å². The quantitative estimate of drug-likeness (QED) is 0.700. The van der Waals surface area contributed by atoms with Crippen LogP contribution in [0, 0.1) is 0 Å². The average molecular weight is 268 g/mol. The van der Waals surface area contributed by atoms with Crippen LogP contribution in [-0.2, 0) is 9.59 Å². The molecule has 2 fully saturated rings. The van der Waals surface area contributed by atoms with E-state index < -0.39 is 12.1 Å². The van der Waals surface area contributed by atoms with E-state index in [1.165, 1.54) is 6.42 Å². The molecular formula is C14H24N2O3. The van der Waals surface area contributed by atoms with Crippen molar-refractivity contribution in [3.8, 4) is 0 Å². The summed E-state index contributed by atoms with van der Waals surface area (Å²) in [6, 6.07) is -0.0577. The molecule has 0 saturated heterocycles. The normalized spacial score (nSPS) is 23.5. The molecule has 2 unspecified atom stereocenters. The highest BCUT2D eigenvalue weighted by Gasteiger charge is 2.34. The van der Waals surface area contributed by atoms with Crippen molar-refractivity contribution in [2.75, 3.05) is 0 Å². The molecule has 2 amide bonds. The lowest BCUT2D eigenvalue weighted by Gasteiger charge is -2.37. The maximum Gasteiger partial charge on any atom is 0.251 e. The van der Waals surface area contributed by atoms with Crippen LogP contribution < -0.4 is 5.32 Å². The fourth-order valence-corrected chi connectivity index (χ4v) is 2.79. The first-order valence-electron chi connectivity index (χ1n) is 7.34. The number of carbonyl (C=O) groups excluding carboxylic acids is 2. The van der Waals surface area contributed by atoms with Crippen LogP contribution in [0.15, 0.2) is 0 Å². The zero-order valence-electron chi connectivity index (χ0n) is 11.5. The fourth-order valence-electron chi connectivity index (χ4n) is 2.79. The fraction of sp³-hybridized carbons (Fsp3) is 0.857. The third kappa shape index (κ3) is 3.69. The number of hydrogen-bond donors (Lipinski definition) is 2. The van der Waals surface area contributed by atoms with Gasteiger partial charge in [0, 0.05) is 12.1 Å². The molecule has 0 aliphatic heterocycles. The van der Waals surface area contributed by atoms with E-state index in [4.69, 9.17) is 0 Å². The smallest absolute Gasteiger partial charge is 0.251 e. The van der Waals surface area contributed by atoms with E-state index in [1.807, 2.05) is 0 Å². The molecule has 5 nitrogen and oxygen atoms in total. The number of rotatable bonds is 6. The molecule has 108 valence electrons. The molecule has 0 spiro atoms. The highest BCUT2D eigenvalue weighted by molar-refractivity contribution is 5.82. The summed E-state index contributed by atoms with van der Waals surface area (Å²) in [5.41, 5.74) is 0. The van der Waals surface area contributed by atoms with Gasteiger partial charge in [-0.2, -0.15) is 0 Å². The first kappa shape index (κ1) is 14.3. The van der Waals surface area contributed by atoms with E-state index in [1.54, 1.807) is 11.8 Å². The molecule has 0 aromatic rings. The first-order chi connectivity index (χ1) is 9.13. The van der Waals surface area contributed by atoms with Crippen molar-refractivity contribution < 1.29 is 14.7 Å². The lowest BCUT2D eigenvalue weighted by Crippen LogP contribution is -2.52. The highest BCUT2D eigenvalue weighted by Crippen LogP contribution is 2.24. The van der Waals surface area contributed by atoms with E-state index in [-0.39, 0.29) is 18.0 Å². The molecule has 0 radical (unpaired) electrons. The van der Waals surface area contributed by atoms with Gasteiger partial charge in [0.25, 0.3) is 5.91 Å². The van der Waals surface area contributed by atoms with Gasteiger partial charge in [-0.25, -0.2) is 0 Å². The minimum atomic E-state index is -1.13. The van der Waals surface area contributed by atoms with Crippen molar-refractivity contribution in [2.24, 2.45) is 0 Å². The third-order valence-electron chi connectivity index (χ3n) is 4.24. The van der Waals surface area contributed by atoms with E-state index in [2.05, 4.69) is 5.32 Å². The van der Waals surface area contributed by atoms with Crippen LogP contribution in [0.2, 0.25) is 0 Å². The molecule has 0 aromatic carbocycles. The van der Waals surface area contributed by atoms with Crippen LogP contribution in [0.3, 0.4) is 0 Å². The Hall–Kier alpha value is -1.10. The second kappa shape index (κ2) is 6.37. The number of nitrogens with one attached hydrogen (secondary N) is 1.